The molecule has 1 nitrogen and oxygen atoms in total. The maximum atomic E-state index is 13.2. The Morgan fingerprint density at radius 2 is 1.55 bits per heavy atom. The van der Waals surface area contributed by atoms with Gasteiger partial charge in [0.05, 0.1) is 0 Å². The number of fused-ring (bicyclic) bond motifs is 1. The molecule has 2 aromatic carbocycles. The zero-order valence-corrected chi connectivity index (χ0v) is 12.8. The van der Waals surface area contributed by atoms with Crippen LogP contribution >= 0.6 is 20.2 Å². The van der Waals surface area contributed by atoms with Crippen LogP contribution in [0.25, 0.3) is 0 Å². The molecule has 0 aliphatic carbocycles. The van der Waals surface area contributed by atoms with Gasteiger partial charge in [0.2, 0.25) is 0 Å². The topological polar surface area (TPSA) is 9.23 Å². The Bertz CT molecular complexity index is 627. The summed E-state index contributed by atoms with van der Waals surface area (Å²) in [4.78, 5) is 0. The van der Waals surface area contributed by atoms with Crippen LogP contribution in [0.1, 0.15) is 18.1 Å². The summed E-state index contributed by atoms with van der Waals surface area (Å²) in [5, 5.41) is 0. The van der Waals surface area contributed by atoms with Crippen LogP contribution in [-0.2, 0) is 8.67 Å². The normalized spacial score (nSPS) is 23.7. The van der Waals surface area contributed by atoms with Crippen LogP contribution in [0.2, 0.25) is 0 Å². The van der Waals surface area contributed by atoms with Gasteiger partial charge in [0.1, 0.15) is 0 Å². The van der Waals surface area contributed by atoms with E-state index in [-0.39, 0.29) is 0 Å². The van der Waals surface area contributed by atoms with Crippen LogP contribution in [0.5, 0.6) is 0 Å². The van der Waals surface area contributed by atoms with Crippen molar-refractivity contribution in [1.29, 1.82) is 0 Å². The third-order valence-corrected chi connectivity index (χ3v) is 7.75. The molecule has 20 heavy (non-hydrogen) atoms. The Labute approximate surface area is 122 Å². The SMILES string of the molecule is CC1(c2ccccc2)OI(C(F)(F)F)c2ccccc21. The summed E-state index contributed by atoms with van der Waals surface area (Å²) in [6.45, 7) is 1.73. The molecule has 0 amide bonds. The summed E-state index contributed by atoms with van der Waals surface area (Å²) in [6, 6.07) is 15.8. The van der Waals surface area contributed by atoms with Crippen LogP contribution in [0.4, 0.5) is 13.2 Å². The first-order valence-corrected chi connectivity index (χ1v) is 9.08. The summed E-state index contributed by atoms with van der Waals surface area (Å²) in [7, 11) is 0. The van der Waals surface area contributed by atoms with Gasteiger partial charge in [0.15, 0.2) is 0 Å². The van der Waals surface area contributed by atoms with Crippen molar-refractivity contribution in [3.8, 4) is 0 Å². The average Bonchev–Trinajstić information content (AvgIpc) is 2.75. The van der Waals surface area contributed by atoms with E-state index >= 15 is 0 Å². The van der Waals surface area contributed by atoms with Crippen LogP contribution in [0, 0.1) is 3.57 Å². The first kappa shape index (κ1) is 13.9. The zero-order chi connectivity index (χ0) is 14.4. The van der Waals surface area contributed by atoms with E-state index in [9.17, 15) is 13.2 Å². The fourth-order valence-electron chi connectivity index (χ4n) is 2.35. The predicted molar refractivity (Wildman–Crippen MR) is 79.2 cm³/mol. The molecule has 0 saturated heterocycles. The number of hydrogen-bond acceptors (Lipinski definition) is 1. The molecule has 5 heteroatoms. The summed E-state index contributed by atoms with van der Waals surface area (Å²) in [5.41, 5.74) is 0.406. The Balaban J connectivity index is 2.17. The van der Waals surface area contributed by atoms with Crippen molar-refractivity contribution in [2.75, 3.05) is 0 Å². The van der Waals surface area contributed by atoms with Crippen LogP contribution in [0.15, 0.2) is 54.6 Å². The van der Waals surface area contributed by atoms with Crippen LogP contribution in [-0.4, -0.2) is 4.18 Å². The van der Waals surface area contributed by atoms with E-state index in [0.29, 0.717) is 9.13 Å². The van der Waals surface area contributed by atoms with E-state index in [2.05, 4.69) is 0 Å². The van der Waals surface area contributed by atoms with Gasteiger partial charge in [-0.1, -0.05) is 0 Å². The third-order valence-electron chi connectivity index (χ3n) is 3.32. The monoisotopic (exact) mass is 392 g/mol. The van der Waals surface area contributed by atoms with Crippen molar-refractivity contribution in [1.82, 2.24) is 0 Å². The molecular formula is C15H12F3IO. The molecule has 1 unspecified atom stereocenters. The number of benzene rings is 2. The number of halogens is 4. The van der Waals surface area contributed by atoms with E-state index in [1.54, 1.807) is 31.2 Å². The van der Waals surface area contributed by atoms with Crippen molar-refractivity contribution >= 4 is 20.2 Å². The van der Waals surface area contributed by atoms with E-state index in [4.69, 9.17) is 3.07 Å². The van der Waals surface area contributed by atoms with Gasteiger partial charge in [0.25, 0.3) is 0 Å². The van der Waals surface area contributed by atoms with Gasteiger partial charge in [-0.25, -0.2) is 0 Å². The van der Waals surface area contributed by atoms with Gasteiger partial charge in [-0.05, 0) is 0 Å². The van der Waals surface area contributed by atoms with Gasteiger partial charge in [-0.15, -0.1) is 0 Å². The van der Waals surface area contributed by atoms with E-state index in [1.165, 1.54) is 0 Å². The van der Waals surface area contributed by atoms with Crippen molar-refractivity contribution < 1.29 is 16.2 Å². The Hall–Kier alpha value is -1.08. The van der Waals surface area contributed by atoms with E-state index in [1.807, 2.05) is 30.3 Å². The molecule has 1 atom stereocenters. The molecule has 1 aliphatic rings. The molecule has 106 valence electrons. The molecule has 0 saturated carbocycles. The maximum absolute atomic E-state index is 13.2. The van der Waals surface area contributed by atoms with Crippen molar-refractivity contribution in [2.24, 2.45) is 0 Å². The first-order chi connectivity index (χ1) is 9.43. The zero-order valence-electron chi connectivity index (χ0n) is 10.6. The quantitative estimate of drug-likeness (QED) is 0.485. The van der Waals surface area contributed by atoms with Gasteiger partial charge in [-0.3, -0.25) is 0 Å². The summed E-state index contributed by atoms with van der Waals surface area (Å²) < 4.78 is 41.4. The fourth-order valence-corrected chi connectivity index (χ4v) is 6.63. The summed E-state index contributed by atoms with van der Waals surface area (Å²) in [5.74, 6) is 0. The van der Waals surface area contributed by atoms with E-state index in [0.717, 1.165) is 5.56 Å². The van der Waals surface area contributed by atoms with Crippen molar-refractivity contribution in [3.63, 3.8) is 0 Å². The minimum atomic E-state index is -4.26. The van der Waals surface area contributed by atoms with E-state index < -0.39 is 30.0 Å². The van der Waals surface area contributed by atoms with Gasteiger partial charge >= 0.3 is 122 Å². The molecule has 3 rings (SSSR count). The second-order valence-electron chi connectivity index (χ2n) is 4.63. The standard InChI is InChI=1S/C15H12F3IO/c1-14(11-7-3-2-4-8-11)12-9-5-6-10-13(12)19(20-14)15(16,17)18/h2-10H,1H3. The Kier molecular flexibility index (Phi) is 3.29. The van der Waals surface area contributed by atoms with Gasteiger partial charge in [-0.2, -0.15) is 0 Å². The molecule has 0 aromatic heterocycles. The molecular weight excluding hydrogens is 380 g/mol. The fraction of sp³-hybridized carbons (Fsp3) is 0.200. The number of alkyl halides is 4. The second-order valence-corrected chi connectivity index (χ2v) is 8.88. The molecule has 1 heterocycles. The number of hydrogen-bond donors (Lipinski definition) is 0. The average molecular weight is 392 g/mol. The molecule has 1 aliphatic heterocycles. The van der Waals surface area contributed by atoms with Crippen molar-refractivity contribution in [3.05, 3.63) is 69.3 Å². The van der Waals surface area contributed by atoms with Crippen molar-refractivity contribution in [2.45, 2.75) is 16.7 Å². The van der Waals surface area contributed by atoms with Gasteiger partial charge in [0, 0.05) is 0 Å². The van der Waals surface area contributed by atoms with Crippen LogP contribution < -0.4 is 0 Å². The molecule has 0 fully saturated rings. The Morgan fingerprint density at radius 1 is 0.950 bits per heavy atom. The van der Waals surface area contributed by atoms with Crippen LogP contribution in [0.3, 0.4) is 0 Å². The molecule has 0 radical (unpaired) electrons. The molecule has 0 N–H and O–H groups in total. The number of rotatable bonds is 1. The summed E-state index contributed by atoms with van der Waals surface area (Å²) in [6.07, 6.45) is 0. The second kappa shape index (κ2) is 4.73. The molecule has 0 spiro atoms. The molecule has 2 aromatic rings. The predicted octanol–water partition coefficient (Wildman–Crippen LogP) is 5.09. The minimum absolute atomic E-state index is 0.357. The van der Waals surface area contributed by atoms with Gasteiger partial charge < -0.3 is 0 Å². The Morgan fingerprint density at radius 3 is 2.20 bits per heavy atom. The molecule has 0 bridgehead atoms. The third kappa shape index (κ3) is 2.13. The first-order valence-electron chi connectivity index (χ1n) is 6.04. The summed E-state index contributed by atoms with van der Waals surface area (Å²) >= 11 is -3.67.